The van der Waals surface area contributed by atoms with E-state index in [4.69, 9.17) is 21.1 Å². The third-order valence-electron chi connectivity index (χ3n) is 4.68. The van der Waals surface area contributed by atoms with Crippen LogP contribution in [0.3, 0.4) is 0 Å². The van der Waals surface area contributed by atoms with Gasteiger partial charge in [0.1, 0.15) is 28.7 Å². The summed E-state index contributed by atoms with van der Waals surface area (Å²) in [7, 11) is 0. The Morgan fingerprint density at radius 1 is 1.14 bits per heavy atom. The second kappa shape index (κ2) is 12.8. The van der Waals surface area contributed by atoms with Crippen LogP contribution in [0.4, 0.5) is 0 Å². The molecule has 1 N–H and O–H groups in total. The van der Waals surface area contributed by atoms with Gasteiger partial charge in [0.2, 0.25) is 5.91 Å². The zero-order valence-corrected chi connectivity index (χ0v) is 23.7. The van der Waals surface area contributed by atoms with Gasteiger partial charge in [-0.05, 0) is 86.7 Å². The second-order valence-electron chi connectivity index (χ2n) is 7.34. The molecule has 2 aromatic rings. The number of rotatable bonds is 8. The number of hydrogen-bond donors (Lipinski definition) is 1. The van der Waals surface area contributed by atoms with Gasteiger partial charge in [0.15, 0.2) is 0 Å². The molecule has 0 spiro atoms. The van der Waals surface area contributed by atoms with Gasteiger partial charge in [-0.3, -0.25) is 4.79 Å². The number of aliphatic imine (C=N–C) groups is 1. The summed E-state index contributed by atoms with van der Waals surface area (Å²) in [4.78, 5) is 29.0. The van der Waals surface area contributed by atoms with Gasteiger partial charge in [-0.15, -0.1) is 0 Å². The van der Waals surface area contributed by atoms with Crippen LogP contribution in [0.1, 0.15) is 37.8 Å². The number of aliphatic hydroxyl groups excluding tert-OH is 1. The topological polar surface area (TPSA) is 85.2 Å². The first-order chi connectivity index (χ1) is 16.7. The molecule has 0 bridgehead atoms. The number of amides is 1. The largest absolute Gasteiger partial charge is 0.506 e. The Balaban J connectivity index is 1.88. The quantitative estimate of drug-likeness (QED) is 0.298. The lowest BCUT2D eigenvalue weighted by molar-refractivity contribution is -0.138. The Labute approximate surface area is 229 Å². The predicted molar refractivity (Wildman–Crippen MR) is 147 cm³/mol. The maximum absolute atomic E-state index is 12.5. The lowest BCUT2D eigenvalue weighted by Gasteiger charge is -2.12. The average Bonchev–Trinajstić information content (AvgIpc) is 3.09. The summed E-state index contributed by atoms with van der Waals surface area (Å²) in [6.07, 6.45) is 2.57. The fourth-order valence-corrected chi connectivity index (χ4v) is 5.67. The molecular formula is C25H22Br2ClNO5S. The number of nitrogens with zero attached hydrogens (tertiary/aromatic N) is 1. The molecule has 0 saturated heterocycles. The maximum atomic E-state index is 12.5. The van der Waals surface area contributed by atoms with E-state index in [1.165, 1.54) is 0 Å². The van der Waals surface area contributed by atoms with Gasteiger partial charge in [-0.2, -0.15) is 0 Å². The van der Waals surface area contributed by atoms with E-state index in [1.807, 2.05) is 31.2 Å². The van der Waals surface area contributed by atoms with Gasteiger partial charge in [-0.25, -0.2) is 9.79 Å². The normalized spacial score (nSPS) is 15.7. The summed E-state index contributed by atoms with van der Waals surface area (Å²) in [5.74, 6) is -0.747. The maximum Gasteiger partial charge on any atom is 0.344 e. The highest BCUT2D eigenvalue weighted by molar-refractivity contribution is 9.11. The monoisotopic (exact) mass is 641 g/mol. The molecule has 184 valence electrons. The zero-order chi connectivity index (χ0) is 25.5. The number of carbonyl (C=O) groups is 2. The summed E-state index contributed by atoms with van der Waals surface area (Å²) in [6, 6.07) is 11.0. The summed E-state index contributed by atoms with van der Waals surface area (Å²) in [6.45, 7) is 4.01. The van der Waals surface area contributed by atoms with E-state index in [9.17, 15) is 14.7 Å². The van der Waals surface area contributed by atoms with Crippen molar-refractivity contribution in [2.45, 2.75) is 33.3 Å². The molecule has 0 fully saturated rings. The van der Waals surface area contributed by atoms with Gasteiger partial charge >= 0.3 is 5.97 Å². The molecule has 3 rings (SSSR count). The van der Waals surface area contributed by atoms with Crippen molar-refractivity contribution in [3.05, 3.63) is 77.7 Å². The number of thioether (sulfide) groups is 1. The van der Waals surface area contributed by atoms with E-state index in [2.05, 4.69) is 36.9 Å². The second-order valence-corrected chi connectivity index (χ2v) is 10.5. The fraction of sp³-hybridized carbons (Fsp3) is 0.240. The van der Waals surface area contributed by atoms with Crippen LogP contribution >= 0.6 is 55.2 Å². The predicted octanol–water partition coefficient (Wildman–Crippen LogP) is 7.63. The van der Waals surface area contributed by atoms with Crippen LogP contribution in [0.15, 0.2) is 66.6 Å². The van der Waals surface area contributed by atoms with Crippen molar-refractivity contribution >= 4 is 78.2 Å². The third-order valence-corrected chi connectivity index (χ3v) is 7.13. The van der Waals surface area contributed by atoms with Gasteiger partial charge < -0.3 is 14.6 Å². The van der Waals surface area contributed by atoms with Crippen LogP contribution in [0, 0.1) is 0 Å². The number of carbonyl (C=O) groups excluding carboxylic acids is 2. The van der Waals surface area contributed by atoms with Crippen LogP contribution in [0.2, 0.25) is 5.02 Å². The minimum absolute atomic E-state index is 0.103. The summed E-state index contributed by atoms with van der Waals surface area (Å²) in [5.41, 5.74) is 1.59. The SMILES string of the molecule is CCCC(=O)N=C1S/C(=C\c2cc(Br)c(OCc3ccc(Cl)cc3)c(Br)c2)C(O)=C1C(=O)OCC. The highest BCUT2D eigenvalue weighted by Gasteiger charge is 2.33. The van der Waals surface area contributed by atoms with Crippen molar-refractivity contribution in [1.82, 2.24) is 0 Å². The minimum atomic E-state index is -0.725. The molecule has 6 nitrogen and oxygen atoms in total. The van der Waals surface area contributed by atoms with Crippen molar-refractivity contribution in [3.8, 4) is 5.75 Å². The van der Waals surface area contributed by atoms with Gasteiger partial charge in [-0.1, -0.05) is 42.4 Å². The molecular weight excluding hydrogens is 622 g/mol. The highest BCUT2D eigenvalue weighted by atomic mass is 79.9. The first-order valence-corrected chi connectivity index (χ1v) is 13.5. The van der Waals surface area contributed by atoms with Crippen molar-refractivity contribution in [3.63, 3.8) is 0 Å². The Kier molecular flexibility index (Phi) is 10.0. The number of hydrogen-bond acceptors (Lipinski definition) is 6. The van der Waals surface area contributed by atoms with E-state index in [0.717, 1.165) is 22.9 Å². The van der Waals surface area contributed by atoms with Crippen molar-refractivity contribution in [2.24, 2.45) is 4.99 Å². The Hall–Kier alpha value is -2.07. The molecule has 0 atom stereocenters. The van der Waals surface area contributed by atoms with Crippen LogP contribution in [-0.4, -0.2) is 28.6 Å². The first-order valence-electron chi connectivity index (χ1n) is 10.7. The van der Waals surface area contributed by atoms with Crippen molar-refractivity contribution in [2.75, 3.05) is 6.61 Å². The third kappa shape index (κ3) is 7.22. The fourth-order valence-electron chi connectivity index (χ4n) is 3.06. The summed E-state index contributed by atoms with van der Waals surface area (Å²) < 4.78 is 12.4. The molecule has 1 aliphatic heterocycles. The number of ether oxygens (including phenoxy) is 2. The van der Waals surface area contributed by atoms with E-state index < -0.39 is 5.97 Å². The smallest absolute Gasteiger partial charge is 0.344 e. The molecule has 0 aliphatic carbocycles. The highest BCUT2D eigenvalue weighted by Crippen LogP contribution is 2.41. The van der Waals surface area contributed by atoms with Gasteiger partial charge in [0.05, 0.1) is 20.5 Å². The average molecular weight is 644 g/mol. The molecule has 1 aliphatic rings. The van der Waals surface area contributed by atoms with Gasteiger partial charge in [0, 0.05) is 11.4 Å². The number of aliphatic hydroxyl groups is 1. The number of benzene rings is 2. The summed E-state index contributed by atoms with van der Waals surface area (Å²) in [5, 5.41) is 11.6. The molecule has 10 heteroatoms. The molecule has 0 unspecified atom stereocenters. The zero-order valence-electron chi connectivity index (χ0n) is 18.9. The molecule has 35 heavy (non-hydrogen) atoms. The Bertz CT molecular complexity index is 1200. The first kappa shape index (κ1) is 27.5. The van der Waals surface area contributed by atoms with Crippen molar-refractivity contribution < 1.29 is 24.2 Å². The van der Waals surface area contributed by atoms with E-state index >= 15 is 0 Å². The van der Waals surface area contributed by atoms with Crippen LogP contribution in [-0.2, 0) is 20.9 Å². The standard InChI is InChI=1S/C25H22Br2ClNO5S/c1-3-5-20(30)29-24-21(25(32)33-4-2)22(31)19(35-24)12-15-10-17(26)23(18(27)11-15)34-13-14-6-8-16(28)9-7-14/h6-12,31H,3-5,13H2,1-2H3/b19-12-,29-24?. The molecule has 2 aromatic carbocycles. The minimum Gasteiger partial charge on any atom is -0.506 e. The van der Waals surface area contributed by atoms with Gasteiger partial charge in [0.25, 0.3) is 0 Å². The number of halogens is 3. The number of esters is 1. The molecule has 0 saturated carbocycles. The lowest BCUT2D eigenvalue weighted by Crippen LogP contribution is -2.14. The van der Waals surface area contributed by atoms with E-state index in [0.29, 0.717) is 37.7 Å². The lowest BCUT2D eigenvalue weighted by atomic mass is 10.1. The van der Waals surface area contributed by atoms with Crippen LogP contribution < -0.4 is 4.74 Å². The summed E-state index contributed by atoms with van der Waals surface area (Å²) >= 11 is 14.1. The molecule has 1 amide bonds. The molecule has 0 radical (unpaired) electrons. The molecule has 1 heterocycles. The Morgan fingerprint density at radius 2 is 1.80 bits per heavy atom. The Morgan fingerprint density at radius 3 is 2.40 bits per heavy atom. The molecule has 0 aromatic heterocycles. The van der Waals surface area contributed by atoms with E-state index in [-0.39, 0.29) is 35.3 Å². The van der Waals surface area contributed by atoms with Crippen LogP contribution in [0.5, 0.6) is 5.75 Å². The van der Waals surface area contributed by atoms with Crippen molar-refractivity contribution in [1.29, 1.82) is 0 Å². The van der Waals surface area contributed by atoms with Crippen LogP contribution in [0.25, 0.3) is 6.08 Å². The van der Waals surface area contributed by atoms with E-state index in [1.54, 1.807) is 25.1 Å².